The number of hydrogen-bond donors (Lipinski definition) is 0. The highest BCUT2D eigenvalue weighted by molar-refractivity contribution is 6.08. The smallest absolute Gasteiger partial charge is 0.0669 e. The van der Waals surface area contributed by atoms with Crippen molar-refractivity contribution in [3.05, 3.63) is 53.5 Å². The number of fused-ring (bicyclic) bond motifs is 2. The van der Waals surface area contributed by atoms with Gasteiger partial charge in [-0.25, -0.2) is 0 Å². The average molecular weight is 262 g/mol. The van der Waals surface area contributed by atoms with Crippen LogP contribution in [-0.4, -0.2) is 5.71 Å². The SMILES string of the molecule is C1=CN2C3=C4C(CCCC4Cc4ccccc42)CC3=N1. The lowest BCUT2D eigenvalue weighted by Crippen LogP contribution is -2.23. The molecular formula is C18H18N2. The summed E-state index contributed by atoms with van der Waals surface area (Å²) in [5, 5.41) is 0. The zero-order valence-corrected chi connectivity index (χ0v) is 11.5. The number of rotatable bonds is 0. The predicted octanol–water partition coefficient (Wildman–Crippen LogP) is 4.05. The third-order valence-electron chi connectivity index (χ3n) is 5.38. The second-order valence-corrected chi connectivity index (χ2v) is 6.41. The van der Waals surface area contributed by atoms with E-state index in [0.29, 0.717) is 0 Å². The van der Waals surface area contributed by atoms with Gasteiger partial charge in [0.05, 0.1) is 11.4 Å². The zero-order chi connectivity index (χ0) is 13.1. The van der Waals surface area contributed by atoms with Crippen molar-refractivity contribution in [1.29, 1.82) is 0 Å². The molecule has 1 saturated carbocycles. The molecule has 100 valence electrons. The van der Waals surface area contributed by atoms with Crippen LogP contribution in [-0.2, 0) is 6.42 Å². The Labute approximate surface area is 119 Å². The molecule has 0 saturated heterocycles. The molecule has 2 heterocycles. The van der Waals surface area contributed by atoms with E-state index in [9.17, 15) is 0 Å². The zero-order valence-electron chi connectivity index (χ0n) is 11.5. The van der Waals surface area contributed by atoms with Gasteiger partial charge in [0.25, 0.3) is 0 Å². The fourth-order valence-electron chi connectivity index (χ4n) is 4.60. The van der Waals surface area contributed by atoms with Gasteiger partial charge in [-0.1, -0.05) is 24.6 Å². The largest absolute Gasteiger partial charge is 0.314 e. The average Bonchev–Trinajstić information content (AvgIpc) is 2.79. The summed E-state index contributed by atoms with van der Waals surface area (Å²) >= 11 is 0. The van der Waals surface area contributed by atoms with Gasteiger partial charge < -0.3 is 4.90 Å². The molecule has 0 amide bonds. The molecule has 0 spiro atoms. The second kappa shape index (κ2) is 3.85. The molecule has 2 atom stereocenters. The van der Waals surface area contributed by atoms with E-state index in [-0.39, 0.29) is 0 Å². The summed E-state index contributed by atoms with van der Waals surface area (Å²) in [6.45, 7) is 0. The molecule has 0 bridgehead atoms. The first kappa shape index (κ1) is 10.9. The van der Waals surface area contributed by atoms with Crippen molar-refractivity contribution in [1.82, 2.24) is 0 Å². The maximum absolute atomic E-state index is 4.69. The number of anilines is 1. The Morgan fingerprint density at radius 3 is 2.85 bits per heavy atom. The molecule has 1 aromatic carbocycles. The van der Waals surface area contributed by atoms with Crippen LogP contribution in [0, 0.1) is 11.8 Å². The molecule has 2 heteroatoms. The van der Waals surface area contributed by atoms with E-state index in [2.05, 4.69) is 40.4 Å². The van der Waals surface area contributed by atoms with E-state index in [1.165, 1.54) is 54.8 Å². The Bertz CT molecular complexity index is 680. The van der Waals surface area contributed by atoms with Crippen LogP contribution in [0.3, 0.4) is 0 Å². The molecule has 1 aromatic rings. The predicted molar refractivity (Wildman–Crippen MR) is 81.7 cm³/mol. The molecule has 0 radical (unpaired) electrons. The van der Waals surface area contributed by atoms with Crippen LogP contribution in [0.4, 0.5) is 5.69 Å². The first-order chi connectivity index (χ1) is 9.92. The molecule has 0 N–H and O–H groups in total. The topological polar surface area (TPSA) is 15.6 Å². The highest BCUT2D eigenvalue weighted by Gasteiger charge is 2.42. The maximum Gasteiger partial charge on any atom is 0.0669 e. The number of nitrogens with zero attached hydrogens (tertiary/aromatic N) is 2. The Morgan fingerprint density at radius 2 is 1.90 bits per heavy atom. The monoisotopic (exact) mass is 262 g/mol. The Kier molecular flexibility index (Phi) is 2.10. The van der Waals surface area contributed by atoms with E-state index < -0.39 is 0 Å². The first-order valence-corrected chi connectivity index (χ1v) is 7.77. The molecule has 4 aliphatic rings. The van der Waals surface area contributed by atoms with Gasteiger partial charge in [-0.05, 0) is 54.7 Å². The van der Waals surface area contributed by atoms with E-state index in [0.717, 1.165) is 11.8 Å². The quantitative estimate of drug-likeness (QED) is 0.688. The van der Waals surface area contributed by atoms with Gasteiger partial charge in [-0.15, -0.1) is 0 Å². The lowest BCUT2D eigenvalue weighted by Gasteiger charge is -2.29. The Balaban J connectivity index is 1.79. The minimum absolute atomic E-state index is 0.745. The number of allylic oxidation sites excluding steroid dienone is 2. The standard InChI is InChI=1S/C18H18N2/c1-2-7-16-12(4-1)10-13-5-3-6-14-11-15-18(17(13)14)20(16)9-8-19-15/h1-2,4,7-9,13-14H,3,5-6,10-11H2. The third kappa shape index (κ3) is 1.32. The van der Waals surface area contributed by atoms with Gasteiger partial charge in [-0.3, -0.25) is 4.99 Å². The van der Waals surface area contributed by atoms with Crippen LogP contribution >= 0.6 is 0 Å². The fraction of sp³-hybridized carbons (Fsp3) is 0.389. The van der Waals surface area contributed by atoms with Crippen LogP contribution in [0.25, 0.3) is 0 Å². The van der Waals surface area contributed by atoms with Gasteiger partial charge in [-0.2, -0.15) is 0 Å². The van der Waals surface area contributed by atoms with Crippen LogP contribution in [0.1, 0.15) is 31.2 Å². The summed E-state index contributed by atoms with van der Waals surface area (Å²) in [5.41, 5.74) is 7.37. The van der Waals surface area contributed by atoms with Crippen molar-refractivity contribution >= 4 is 11.4 Å². The highest BCUT2D eigenvalue weighted by atomic mass is 15.2. The van der Waals surface area contributed by atoms with Crippen LogP contribution in [0.2, 0.25) is 0 Å². The fourth-order valence-corrected chi connectivity index (χ4v) is 4.60. The number of hydrogen-bond acceptors (Lipinski definition) is 2. The van der Waals surface area contributed by atoms with Crippen molar-refractivity contribution in [2.75, 3.05) is 4.90 Å². The summed E-state index contributed by atoms with van der Waals surface area (Å²) in [6, 6.07) is 8.91. The van der Waals surface area contributed by atoms with Crippen molar-refractivity contribution < 1.29 is 0 Å². The molecule has 20 heavy (non-hydrogen) atoms. The van der Waals surface area contributed by atoms with E-state index in [4.69, 9.17) is 0 Å². The van der Waals surface area contributed by atoms with E-state index in [1.54, 1.807) is 5.57 Å². The molecule has 5 rings (SSSR count). The van der Waals surface area contributed by atoms with Gasteiger partial charge in [0.2, 0.25) is 0 Å². The number of benzene rings is 1. The lowest BCUT2D eigenvalue weighted by atomic mass is 9.76. The minimum Gasteiger partial charge on any atom is -0.314 e. The first-order valence-electron chi connectivity index (χ1n) is 7.77. The van der Waals surface area contributed by atoms with E-state index >= 15 is 0 Å². The number of para-hydroxylation sites is 1. The summed E-state index contributed by atoms with van der Waals surface area (Å²) in [5.74, 6) is 1.51. The van der Waals surface area contributed by atoms with Gasteiger partial charge in [0.15, 0.2) is 0 Å². The normalized spacial score (nSPS) is 29.8. The minimum atomic E-state index is 0.745. The Hall–Kier alpha value is -1.83. The van der Waals surface area contributed by atoms with Gasteiger partial charge in [0, 0.05) is 18.1 Å². The van der Waals surface area contributed by atoms with Crippen molar-refractivity contribution in [2.24, 2.45) is 16.8 Å². The maximum atomic E-state index is 4.69. The second-order valence-electron chi connectivity index (χ2n) is 6.41. The lowest BCUT2D eigenvalue weighted by molar-refractivity contribution is 0.379. The van der Waals surface area contributed by atoms with Crippen LogP contribution in [0.5, 0.6) is 0 Å². The van der Waals surface area contributed by atoms with Crippen molar-refractivity contribution in [3.63, 3.8) is 0 Å². The van der Waals surface area contributed by atoms with Crippen molar-refractivity contribution in [3.8, 4) is 0 Å². The molecule has 2 unspecified atom stereocenters. The van der Waals surface area contributed by atoms with Gasteiger partial charge >= 0.3 is 0 Å². The summed E-state index contributed by atoms with van der Waals surface area (Å²) in [6.07, 6.45) is 10.6. The molecule has 1 fully saturated rings. The van der Waals surface area contributed by atoms with Crippen LogP contribution < -0.4 is 4.90 Å². The van der Waals surface area contributed by atoms with E-state index in [1.807, 2.05) is 6.20 Å². The third-order valence-corrected chi connectivity index (χ3v) is 5.38. The van der Waals surface area contributed by atoms with Gasteiger partial charge in [0.1, 0.15) is 0 Å². The summed E-state index contributed by atoms with van der Waals surface area (Å²) in [7, 11) is 0. The van der Waals surface area contributed by atoms with Crippen molar-refractivity contribution in [2.45, 2.75) is 32.1 Å². The molecule has 2 aliphatic heterocycles. The molecular weight excluding hydrogens is 244 g/mol. The summed E-state index contributed by atoms with van der Waals surface area (Å²) < 4.78 is 0. The van der Waals surface area contributed by atoms with Crippen LogP contribution in [0.15, 0.2) is 52.9 Å². The molecule has 2 nitrogen and oxygen atoms in total. The highest BCUT2D eigenvalue weighted by Crippen LogP contribution is 2.50. The molecule has 0 aromatic heterocycles. The summed E-state index contributed by atoms with van der Waals surface area (Å²) in [4.78, 5) is 7.10. The number of aliphatic imine (C=N–C) groups is 1. The molecule has 2 aliphatic carbocycles. The Morgan fingerprint density at radius 1 is 1.05 bits per heavy atom.